The minimum atomic E-state index is -4.83. The van der Waals surface area contributed by atoms with E-state index in [1.807, 2.05) is 0 Å². The van der Waals surface area contributed by atoms with Crippen molar-refractivity contribution in [3.05, 3.63) is 59.1 Å². The lowest BCUT2D eigenvalue weighted by molar-refractivity contribution is -0.274. The van der Waals surface area contributed by atoms with Gasteiger partial charge in [0.15, 0.2) is 0 Å². The van der Waals surface area contributed by atoms with Crippen LogP contribution in [0.4, 0.5) is 13.2 Å². The molecule has 0 spiro atoms. The summed E-state index contributed by atoms with van der Waals surface area (Å²) in [6.07, 6.45) is -2.70. The third-order valence-corrected chi connectivity index (χ3v) is 3.06. The molecule has 0 aliphatic carbocycles. The van der Waals surface area contributed by atoms with E-state index in [4.69, 9.17) is 16.7 Å². The van der Waals surface area contributed by atoms with Crippen LogP contribution in [0.3, 0.4) is 0 Å². The highest BCUT2D eigenvalue weighted by molar-refractivity contribution is 6.30. The van der Waals surface area contributed by atoms with Crippen molar-refractivity contribution in [2.75, 3.05) is 0 Å². The molecular formula is C16H10ClF3O3. The average molecular weight is 343 g/mol. The molecule has 1 N–H and O–H groups in total. The zero-order chi connectivity index (χ0) is 17.0. The fourth-order valence-electron chi connectivity index (χ4n) is 1.98. The van der Waals surface area contributed by atoms with Crippen molar-refractivity contribution < 1.29 is 27.8 Å². The maximum absolute atomic E-state index is 12.5. The number of halogens is 4. The molecule has 0 bridgehead atoms. The molecule has 0 saturated heterocycles. The van der Waals surface area contributed by atoms with E-state index in [-0.39, 0.29) is 11.3 Å². The van der Waals surface area contributed by atoms with E-state index in [0.717, 1.165) is 6.08 Å². The molecule has 0 aromatic heterocycles. The van der Waals surface area contributed by atoms with E-state index in [0.29, 0.717) is 16.1 Å². The number of para-hydroxylation sites is 1. The Morgan fingerprint density at radius 2 is 1.83 bits per heavy atom. The van der Waals surface area contributed by atoms with Crippen molar-refractivity contribution in [2.24, 2.45) is 0 Å². The molecule has 0 fully saturated rings. The fraction of sp³-hybridized carbons (Fsp3) is 0.0625. The van der Waals surface area contributed by atoms with Gasteiger partial charge in [-0.15, -0.1) is 13.2 Å². The summed E-state index contributed by atoms with van der Waals surface area (Å²) in [5.74, 6) is -1.57. The molecule has 0 radical (unpaired) electrons. The highest BCUT2D eigenvalue weighted by Gasteiger charge is 2.32. The number of hydrogen-bond donors (Lipinski definition) is 1. The molecule has 0 aliphatic rings. The maximum atomic E-state index is 12.5. The molecule has 2 aromatic rings. The van der Waals surface area contributed by atoms with Gasteiger partial charge in [-0.05, 0) is 35.4 Å². The largest absolute Gasteiger partial charge is 0.573 e. The Labute approximate surface area is 134 Å². The van der Waals surface area contributed by atoms with Crippen molar-refractivity contribution in [1.82, 2.24) is 0 Å². The minimum absolute atomic E-state index is 0.173. The van der Waals surface area contributed by atoms with E-state index in [1.165, 1.54) is 42.5 Å². The maximum Gasteiger partial charge on any atom is 0.573 e. The predicted molar refractivity (Wildman–Crippen MR) is 80.2 cm³/mol. The number of alkyl halides is 3. The van der Waals surface area contributed by atoms with E-state index >= 15 is 0 Å². The Morgan fingerprint density at radius 3 is 2.48 bits per heavy atom. The summed E-state index contributed by atoms with van der Waals surface area (Å²) < 4.78 is 41.6. The summed E-state index contributed by atoms with van der Waals surface area (Å²) in [5.41, 5.74) is 0.899. The number of aliphatic carboxylic acids is 1. The molecule has 0 atom stereocenters. The first kappa shape index (κ1) is 16.9. The smallest absolute Gasteiger partial charge is 0.478 e. The molecule has 0 saturated carbocycles. The lowest BCUT2D eigenvalue weighted by Gasteiger charge is -2.15. The van der Waals surface area contributed by atoms with Gasteiger partial charge in [0.05, 0.1) is 0 Å². The lowest BCUT2D eigenvalue weighted by atomic mass is 9.98. The van der Waals surface area contributed by atoms with Crippen molar-refractivity contribution in [3.63, 3.8) is 0 Å². The number of benzene rings is 2. The number of ether oxygens (including phenoxy) is 1. The first-order valence-corrected chi connectivity index (χ1v) is 6.70. The van der Waals surface area contributed by atoms with Crippen molar-refractivity contribution in [1.29, 1.82) is 0 Å². The average Bonchev–Trinajstić information content (AvgIpc) is 2.44. The molecule has 2 aromatic carbocycles. The SMILES string of the molecule is O=C(O)/C=C\c1cc(Cl)ccc1-c1ccccc1OC(F)(F)F. The molecule has 0 amide bonds. The molecule has 0 heterocycles. The molecule has 0 unspecified atom stereocenters. The summed E-state index contributed by atoms with van der Waals surface area (Å²) in [5, 5.41) is 9.05. The molecule has 23 heavy (non-hydrogen) atoms. The van der Waals surface area contributed by atoms with Crippen LogP contribution in [0.5, 0.6) is 5.75 Å². The van der Waals surface area contributed by atoms with E-state index in [1.54, 1.807) is 6.07 Å². The van der Waals surface area contributed by atoms with Crippen LogP contribution in [0.15, 0.2) is 48.5 Å². The fourth-order valence-corrected chi connectivity index (χ4v) is 2.16. The van der Waals surface area contributed by atoms with Crippen LogP contribution in [0.1, 0.15) is 5.56 Å². The van der Waals surface area contributed by atoms with E-state index in [2.05, 4.69) is 4.74 Å². The Kier molecular flexibility index (Phi) is 4.95. The standard InChI is InChI=1S/C16H10ClF3O3/c17-11-6-7-12(10(9-11)5-8-15(21)22)13-3-1-2-4-14(13)23-16(18,19)20/h1-9H,(H,21,22)/b8-5-. The van der Waals surface area contributed by atoms with Gasteiger partial charge in [0, 0.05) is 16.7 Å². The van der Waals surface area contributed by atoms with Gasteiger partial charge >= 0.3 is 12.3 Å². The zero-order valence-corrected chi connectivity index (χ0v) is 12.2. The first-order chi connectivity index (χ1) is 10.8. The van der Waals surface area contributed by atoms with Gasteiger partial charge in [-0.3, -0.25) is 0 Å². The molecule has 2 rings (SSSR count). The Morgan fingerprint density at radius 1 is 1.13 bits per heavy atom. The molecule has 120 valence electrons. The van der Waals surface area contributed by atoms with Gasteiger partial charge in [0.1, 0.15) is 5.75 Å². The topological polar surface area (TPSA) is 46.5 Å². The number of rotatable bonds is 4. The zero-order valence-electron chi connectivity index (χ0n) is 11.5. The quantitative estimate of drug-likeness (QED) is 0.795. The van der Waals surface area contributed by atoms with E-state index in [9.17, 15) is 18.0 Å². The van der Waals surface area contributed by atoms with Gasteiger partial charge in [-0.25, -0.2) is 4.79 Å². The summed E-state index contributed by atoms with van der Waals surface area (Å²) in [4.78, 5) is 10.7. The normalized spacial score (nSPS) is 11.7. The van der Waals surface area contributed by atoms with Crippen LogP contribution in [0.2, 0.25) is 5.02 Å². The van der Waals surface area contributed by atoms with Gasteiger partial charge in [-0.2, -0.15) is 0 Å². The first-order valence-electron chi connectivity index (χ1n) is 6.32. The van der Waals surface area contributed by atoms with Crippen LogP contribution >= 0.6 is 11.6 Å². The van der Waals surface area contributed by atoms with Crippen LogP contribution in [0, 0.1) is 0 Å². The molecule has 7 heteroatoms. The van der Waals surface area contributed by atoms with Gasteiger partial charge in [0.25, 0.3) is 0 Å². The van der Waals surface area contributed by atoms with Gasteiger partial charge < -0.3 is 9.84 Å². The molecule has 3 nitrogen and oxygen atoms in total. The highest BCUT2D eigenvalue weighted by atomic mass is 35.5. The third kappa shape index (κ3) is 4.75. The second-order valence-electron chi connectivity index (χ2n) is 4.45. The van der Waals surface area contributed by atoms with Crippen molar-refractivity contribution in [3.8, 4) is 16.9 Å². The molecule has 0 aliphatic heterocycles. The summed E-state index contributed by atoms with van der Waals surface area (Å²) in [6.45, 7) is 0. The van der Waals surface area contributed by atoms with Crippen molar-refractivity contribution in [2.45, 2.75) is 6.36 Å². The second-order valence-corrected chi connectivity index (χ2v) is 4.88. The van der Waals surface area contributed by atoms with Crippen LogP contribution in [-0.4, -0.2) is 17.4 Å². The minimum Gasteiger partial charge on any atom is -0.478 e. The highest BCUT2D eigenvalue weighted by Crippen LogP contribution is 2.36. The van der Waals surface area contributed by atoms with Crippen LogP contribution < -0.4 is 4.74 Å². The number of carbonyl (C=O) groups is 1. The summed E-state index contributed by atoms with van der Waals surface area (Å²) >= 11 is 5.87. The summed E-state index contributed by atoms with van der Waals surface area (Å²) in [6, 6.07) is 10.1. The van der Waals surface area contributed by atoms with Crippen molar-refractivity contribution >= 4 is 23.6 Å². The number of hydrogen-bond acceptors (Lipinski definition) is 2. The Hall–Kier alpha value is -2.47. The predicted octanol–water partition coefficient (Wildman–Crippen LogP) is 5.00. The summed E-state index contributed by atoms with van der Waals surface area (Å²) in [7, 11) is 0. The van der Waals surface area contributed by atoms with Crippen LogP contribution in [0.25, 0.3) is 17.2 Å². The van der Waals surface area contributed by atoms with E-state index < -0.39 is 12.3 Å². The number of carboxylic acid groups (broad SMARTS) is 1. The lowest BCUT2D eigenvalue weighted by Crippen LogP contribution is -2.17. The molecular weight excluding hydrogens is 333 g/mol. The Bertz CT molecular complexity index is 754. The number of carboxylic acids is 1. The van der Waals surface area contributed by atoms with Gasteiger partial charge in [0.2, 0.25) is 0 Å². The van der Waals surface area contributed by atoms with Gasteiger partial charge in [-0.1, -0.05) is 35.9 Å². The second kappa shape index (κ2) is 6.75. The monoisotopic (exact) mass is 342 g/mol. The van der Waals surface area contributed by atoms with Crippen LogP contribution in [-0.2, 0) is 4.79 Å². The Balaban J connectivity index is 2.56. The third-order valence-electron chi connectivity index (χ3n) is 2.82.